The molecule has 4 heterocycles. The fraction of sp³-hybridized carbons (Fsp3) is 0.595. The molecule has 0 saturated heterocycles. The van der Waals surface area contributed by atoms with E-state index in [9.17, 15) is 14.7 Å². The van der Waals surface area contributed by atoms with Crippen LogP contribution >= 0.6 is 12.2 Å². The third-order valence-corrected chi connectivity index (χ3v) is 9.27. The van der Waals surface area contributed by atoms with Gasteiger partial charge in [0, 0.05) is 43.5 Å². The Kier molecular flexibility index (Phi) is 16.0. The van der Waals surface area contributed by atoms with Gasteiger partial charge in [0.2, 0.25) is 0 Å². The van der Waals surface area contributed by atoms with Crippen LogP contribution in [-0.4, -0.2) is 127 Å². The van der Waals surface area contributed by atoms with Crippen LogP contribution in [0.2, 0.25) is 0 Å². The number of benzene rings is 1. The van der Waals surface area contributed by atoms with E-state index in [1.807, 2.05) is 12.1 Å². The Labute approximate surface area is 314 Å². The number of allylic oxidation sites excluding steroid dienone is 1. The summed E-state index contributed by atoms with van der Waals surface area (Å²) in [7, 11) is 0. The van der Waals surface area contributed by atoms with Gasteiger partial charge in [-0.1, -0.05) is 17.7 Å². The predicted molar refractivity (Wildman–Crippen MR) is 201 cm³/mol. The molecule has 0 fully saturated rings. The van der Waals surface area contributed by atoms with E-state index >= 15 is 0 Å². The lowest BCUT2D eigenvalue weighted by atomic mass is 10.1. The summed E-state index contributed by atoms with van der Waals surface area (Å²) in [6, 6.07) is 5.68. The predicted octanol–water partition coefficient (Wildman–Crippen LogP) is 2.80. The van der Waals surface area contributed by atoms with E-state index in [4.69, 9.17) is 45.4 Å². The van der Waals surface area contributed by atoms with Gasteiger partial charge < -0.3 is 47.8 Å². The monoisotopic (exact) mass is 759 g/mol. The second-order valence-electron chi connectivity index (χ2n) is 13.1. The lowest BCUT2D eigenvalue weighted by Gasteiger charge is -2.26. The van der Waals surface area contributed by atoms with Gasteiger partial charge in [-0.15, -0.1) is 0 Å². The molecule has 1 aromatic carbocycles. The van der Waals surface area contributed by atoms with E-state index in [0.29, 0.717) is 72.1 Å². The summed E-state index contributed by atoms with van der Waals surface area (Å²) < 4.78 is 45.1. The number of nitrogens with one attached hydrogen (secondary N) is 1. The minimum atomic E-state index is -0.668. The molecule has 0 amide bonds. The van der Waals surface area contributed by atoms with Crippen molar-refractivity contribution in [2.24, 2.45) is 0 Å². The van der Waals surface area contributed by atoms with Gasteiger partial charge in [0.15, 0.2) is 11.0 Å². The standard InChI is InChI=1S/C37H53N5O10S/c1-27(2)8-10-39-25-30-32(6-5-31-35(30)42(24-28(39)3)36(53)38-31)51-23-22-50-21-20-49-19-18-48-17-16-47-15-14-46-13-12-40-33(44)9-11-41(37(40)45)34-7-4-29(26-43)52-34/h4-9,11,28-29,34,43H,10,12-26H2,1-3H3,(H,38,53)/t28-,29-,34+/m0/s1. The average Bonchev–Trinajstić information content (AvgIpc) is 3.70. The molecule has 0 bridgehead atoms. The maximum absolute atomic E-state index is 12.8. The smallest absolute Gasteiger partial charge is 0.333 e. The maximum Gasteiger partial charge on any atom is 0.333 e. The zero-order valence-electron chi connectivity index (χ0n) is 30.9. The number of aliphatic hydroxyl groups excluding tert-OH is 1. The summed E-state index contributed by atoms with van der Waals surface area (Å²) in [5, 5.41) is 9.23. The van der Waals surface area contributed by atoms with Crippen LogP contribution in [0.25, 0.3) is 11.0 Å². The van der Waals surface area contributed by atoms with Crippen LogP contribution in [-0.2, 0) is 48.1 Å². The van der Waals surface area contributed by atoms with Gasteiger partial charge in [-0.3, -0.25) is 18.8 Å². The number of aromatic amines is 1. The highest BCUT2D eigenvalue weighted by atomic mass is 32.1. The van der Waals surface area contributed by atoms with Gasteiger partial charge in [-0.2, -0.15) is 0 Å². The zero-order valence-corrected chi connectivity index (χ0v) is 31.7. The molecule has 16 heteroatoms. The van der Waals surface area contributed by atoms with Crippen molar-refractivity contribution in [2.45, 2.75) is 58.8 Å². The van der Waals surface area contributed by atoms with Crippen molar-refractivity contribution in [3.05, 3.63) is 79.4 Å². The van der Waals surface area contributed by atoms with Crippen molar-refractivity contribution in [1.82, 2.24) is 23.6 Å². The Morgan fingerprint density at radius 2 is 1.57 bits per heavy atom. The summed E-state index contributed by atoms with van der Waals surface area (Å²) in [6.45, 7) is 13.2. The van der Waals surface area contributed by atoms with Gasteiger partial charge in [0.05, 0.1) is 90.3 Å². The van der Waals surface area contributed by atoms with Gasteiger partial charge >= 0.3 is 5.69 Å². The third-order valence-electron chi connectivity index (χ3n) is 8.95. The first kappa shape index (κ1) is 40.7. The molecule has 0 radical (unpaired) electrons. The molecular formula is C37H53N5O10S. The molecule has 0 spiro atoms. The molecule has 5 rings (SSSR count). The molecular weight excluding hydrogens is 706 g/mol. The van der Waals surface area contributed by atoms with Crippen LogP contribution in [0.4, 0.5) is 0 Å². The number of nitrogens with zero attached hydrogens (tertiary/aromatic N) is 4. The van der Waals surface area contributed by atoms with Crippen molar-refractivity contribution in [3.8, 4) is 5.75 Å². The summed E-state index contributed by atoms with van der Waals surface area (Å²) >= 11 is 5.66. The van der Waals surface area contributed by atoms with Gasteiger partial charge in [0.1, 0.15) is 18.5 Å². The van der Waals surface area contributed by atoms with Crippen molar-refractivity contribution in [2.75, 3.05) is 85.8 Å². The maximum atomic E-state index is 12.8. The average molecular weight is 760 g/mol. The molecule has 53 heavy (non-hydrogen) atoms. The van der Waals surface area contributed by atoms with Crippen LogP contribution in [0, 0.1) is 4.77 Å². The number of ether oxygens (including phenoxy) is 7. The number of rotatable bonds is 23. The first-order chi connectivity index (χ1) is 25.8. The first-order valence-corrected chi connectivity index (χ1v) is 18.6. The highest BCUT2D eigenvalue weighted by Crippen LogP contribution is 2.33. The Bertz CT molecular complexity index is 1850. The van der Waals surface area contributed by atoms with E-state index in [-0.39, 0.29) is 19.8 Å². The number of hydrogen-bond acceptors (Lipinski definition) is 12. The minimum absolute atomic E-state index is 0.0962. The van der Waals surface area contributed by atoms with Crippen LogP contribution in [0.15, 0.2) is 57.8 Å². The Balaban J connectivity index is 0.874. The number of aliphatic hydroxyl groups is 1. The second-order valence-corrected chi connectivity index (χ2v) is 13.5. The van der Waals surface area contributed by atoms with Crippen LogP contribution < -0.4 is 16.0 Å². The van der Waals surface area contributed by atoms with E-state index in [2.05, 4.69) is 41.3 Å². The fourth-order valence-corrected chi connectivity index (χ4v) is 6.36. The Hall–Kier alpha value is -3.45. The van der Waals surface area contributed by atoms with Crippen molar-refractivity contribution >= 4 is 23.3 Å². The lowest BCUT2D eigenvalue weighted by molar-refractivity contribution is -0.0141. The molecule has 3 atom stereocenters. The summed E-state index contributed by atoms with van der Waals surface area (Å²) in [6.07, 6.45) is 5.86. The van der Waals surface area contributed by atoms with E-state index in [0.717, 1.165) is 51.3 Å². The third kappa shape index (κ3) is 11.5. The van der Waals surface area contributed by atoms with Crippen LogP contribution in [0.5, 0.6) is 5.75 Å². The largest absolute Gasteiger partial charge is 0.491 e. The highest BCUT2D eigenvalue weighted by Gasteiger charge is 2.25. The first-order valence-electron chi connectivity index (χ1n) is 18.2. The molecule has 0 saturated carbocycles. The highest BCUT2D eigenvalue weighted by molar-refractivity contribution is 7.71. The summed E-state index contributed by atoms with van der Waals surface area (Å²) in [4.78, 5) is 30.8. The summed E-state index contributed by atoms with van der Waals surface area (Å²) in [5.41, 5.74) is 3.66. The Morgan fingerprint density at radius 3 is 2.19 bits per heavy atom. The normalized spacial score (nSPS) is 18.5. The fourth-order valence-electron chi connectivity index (χ4n) is 6.09. The molecule has 15 nitrogen and oxygen atoms in total. The van der Waals surface area contributed by atoms with Gasteiger partial charge in [-0.05, 0) is 51.2 Å². The molecule has 0 unspecified atom stereocenters. The van der Waals surface area contributed by atoms with Gasteiger partial charge in [-0.25, -0.2) is 4.79 Å². The molecule has 0 aliphatic carbocycles. The zero-order chi connectivity index (χ0) is 37.6. The van der Waals surface area contributed by atoms with E-state index < -0.39 is 23.6 Å². The Morgan fingerprint density at radius 1 is 0.925 bits per heavy atom. The number of aromatic nitrogens is 4. The second kappa shape index (κ2) is 20.9. The molecule has 2 aromatic heterocycles. The van der Waals surface area contributed by atoms with Crippen molar-refractivity contribution in [3.63, 3.8) is 0 Å². The van der Waals surface area contributed by atoms with Crippen molar-refractivity contribution in [1.29, 1.82) is 0 Å². The quantitative estimate of drug-likeness (QED) is 0.0831. The van der Waals surface area contributed by atoms with E-state index in [1.165, 1.54) is 22.4 Å². The number of H-pyrrole nitrogens is 1. The minimum Gasteiger partial charge on any atom is -0.491 e. The lowest BCUT2D eigenvalue weighted by Crippen LogP contribution is -2.41. The number of imidazole rings is 1. The molecule has 2 aliphatic rings. The molecule has 3 aromatic rings. The SMILES string of the molecule is CC(C)=CCN1Cc2c(OCCOCCOCCOCCOCCOCCn3c(=O)ccn([C@H]4C=C[C@@H](CO)O4)c3=O)ccc3[nH]c(=S)n(c23)C[C@@H]1C. The van der Waals surface area contributed by atoms with Crippen LogP contribution in [0.3, 0.4) is 0 Å². The van der Waals surface area contributed by atoms with Crippen LogP contribution in [0.1, 0.15) is 32.6 Å². The number of hydrogen-bond donors (Lipinski definition) is 2. The molecule has 2 N–H and O–H groups in total. The van der Waals surface area contributed by atoms with Gasteiger partial charge in [0.25, 0.3) is 5.56 Å². The summed E-state index contributed by atoms with van der Waals surface area (Å²) in [5.74, 6) is 0.852. The molecule has 2 aliphatic heterocycles. The van der Waals surface area contributed by atoms with Crippen molar-refractivity contribution < 1.29 is 38.3 Å². The van der Waals surface area contributed by atoms with E-state index in [1.54, 1.807) is 12.2 Å². The topological polar surface area (TPSA) is 153 Å². The molecule has 292 valence electrons.